The van der Waals surface area contributed by atoms with Gasteiger partial charge in [-0.25, -0.2) is 8.42 Å². The lowest BCUT2D eigenvalue weighted by molar-refractivity contribution is 0.0730. The molecule has 1 saturated heterocycles. The van der Waals surface area contributed by atoms with Crippen molar-refractivity contribution in [3.8, 4) is 0 Å². The average Bonchev–Trinajstić information content (AvgIpc) is 3.18. The van der Waals surface area contributed by atoms with E-state index in [1.807, 2.05) is 0 Å². The molecule has 2 N–H and O–H groups in total. The molecule has 26 heavy (non-hydrogen) atoms. The first-order chi connectivity index (χ1) is 12.5. The van der Waals surface area contributed by atoms with Gasteiger partial charge in [0.15, 0.2) is 5.11 Å². The van der Waals surface area contributed by atoms with E-state index in [0.717, 1.165) is 0 Å². The summed E-state index contributed by atoms with van der Waals surface area (Å²) in [6.07, 6.45) is 0. The zero-order chi connectivity index (χ0) is 18.6. The number of thiocarbonyl (C=S) groups is 1. The van der Waals surface area contributed by atoms with Crippen LogP contribution in [0.2, 0.25) is 0 Å². The van der Waals surface area contributed by atoms with Crippen molar-refractivity contribution in [3.63, 3.8) is 0 Å². The summed E-state index contributed by atoms with van der Waals surface area (Å²) < 4.78 is 31.7. The monoisotopic (exact) mass is 411 g/mol. The van der Waals surface area contributed by atoms with Crippen molar-refractivity contribution in [2.75, 3.05) is 31.6 Å². The molecular weight excluding hydrogens is 394 g/mol. The van der Waals surface area contributed by atoms with Crippen LogP contribution in [-0.4, -0.2) is 50.0 Å². The molecule has 0 spiro atoms. The number of hydrogen-bond acceptors (Lipinski definition) is 6. The number of thiophene rings is 1. The lowest BCUT2D eigenvalue weighted by Gasteiger charge is -2.26. The van der Waals surface area contributed by atoms with Gasteiger partial charge in [-0.1, -0.05) is 6.07 Å². The molecule has 138 valence electrons. The predicted octanol–water partition coefficient (Wildman–Crippen LogP) is 1.90. The molecule has 7 nitrogen and oxygen atoms in total. The molecule has 1 amide bonds. The number of nitrogens with zero attached hydrogens (tertiary/aromatic N) is 1. The molecule has 1 aliphatic rings. The van der Waals surface area contributed by atoms with Crippen LogP contribution in [0.3, 0.4) is 0 Å². The van der Waals surface area contributed by atoms with E-state index >= 15 is 0 Å². The van der Waals surface area contributed by atoms with Crippen molar-refractivity contribution in [3.05, 3.63) is 46.7 Å². The van der Waals surface area contributed by atoms with Crippen LogP contribution in [-0.2, 0) is 14.8 Å². The first-order valence-electron chi connectivity index (χ1n) is 7.80. The highest BCUT2D eigenvalue weighted by Crippen LogP contribution is 2.19. The van der Waals surface area contributed by atoms with E-state index in [-0.39, 0.29) is 15.9 Å². The van der Waals surface area contributed by atoms with Crippen molar-refractivity contribution < 1.29 is 17.9 Å². The summed E-state index contributed by atoms with van der Waals surface area (Å²) in [6.45, 7) is 1.50. The maximum Gasteiger partial charge on any atom is 0.267 e. The van der Waals surface area contributed by atoms with Crippen molar-refractivity contribution in [1.29, 1.82) is 0 Å². The Bertz CT molecular complexity index is 874. The van der Waals surface area contributed by atoms with Gasteiger partial charge >= 0.3 is 0 Å². The molecule has 1 aromatic heterocycles. The number of hydrogen-bond donors (Lipinski definition) is 2. The first kappa shape index (κ1) is 18.9. The van der Waals surface area contributed by atoms with E-state index in [1.54, 1.807) is 29.6 Å². The second-order valence-corrected chi connectivity index (χ2v) is 8.72. The number of nitrogens with one attached hydrogen (secondary N) is 2. The van der Waals surface area contributed by atoms with Gasteiger partial charge in [0.25, 0.3) is 5.91 Å². The summed E-state index contributed by atoms with van der Waals surface area (Å²) in [6, 6.07) is 9.72. The summed E-state index contributed by atoms with van der Waals surface area (Å²) in [5, 5.41) is 7.40. The summed E-state index contributed by atoms with van der Waals surface area (Å²) in [5.74, 6) is -0.288. The average molecular weight is 412 g/mol. The minimum atomic E-state index is -3.53. The number of anilines is 1. The zero-order valence-corrected chi connectivity index (χ0v) is 16.1. The summed E-state index contributed by atoms with van der Waals surface area (Å²) >= 11 is 6.43. The van der Waals surface area contributed by atoms with Gasteiger partial charge in [0, 0.05) is 18.8 Å². The van der Waals surface area contributed by atoms with Gasteiger partial charge in [0.1, 0.15) is 0 Å². The van der Waals surface area contributed by atoms with Crippen LogP contribution in [0.1, 0.15) is 9.67 Å². The van der Waals surface area contributed by atoms with Crippen LogP contribution < -0.4 is 10.6 Å². The number of carbonyl (C=O) groups is 1. The van der Waals surface area contributed by atoms with E-state index in [9.17, 15) is 13.2 Å². The minimum Gasteiger partial charge on any atom is -0.379 e. The molecular formula is C16H17N3O4S3. The Labute approximate surface area is 161 Å². The van der Waals surface area contributed by atoms with Crippen molar-refractivity contribution in [1.82, 2.24) is 9.62 Å². The largest absolute Gasteiger partial charge is 0.379 e. The van der Waals surface area contributed by atoms with Crippen LogP contribution in [0, 0.1) is 0 Å². The first-order valence-corrected chi connectivity index (χ1v) is 10.5. The number of rotatable bonds is 4. The van der Waals surface area contributed by atoms with Gasteiger partial charge in [-0.05, 0) is 47.9 Å². The van der Waals surface area contributed by atoms with E-state index in [2.05, 4.69) is 10.6 Å². The molecule has 2 aromatic rings. The maximum absolute atomic E-state index is 12.6. The number of amides is 1. The van der Waals surface area contributed by atoms with Crippen LogP contribution in [0.4, 0.5) is 5.69 Å². The highest BCUT2D eigenvalue weighted by Gasteiger charge is 2.26. The Morgan fingerprint density at radius 2 is 1.85 bits per heavy atom. The third-order valence-electron chi connectivity index (χ3n) is 3.69. The van der Waals surface area contributed by atoms with Crippen LogP contribution >= 0.6 is 23.6 Å². The molecule has 2 heterocycles. The molecule has 0 aliphatic carbocycles. The third-order valence-corrected chi connectivity index (χ3v) is 6.68. The number of sulfonamides is 1. The normalized spacial score (nSPS) is 15.4. The predicted molar refractivity (Wildman–Crippen MR) is 104 cm³/mol. The molecule has 0 radical (unpaired) electrons. The molecule has 0 atom stereocenters. The number of benzene rings is 1. The fourth-order valence-electron chi connectivity index (χ4n) is 2.38. The minimum absolute atomic E-state index is 0.146. The van der Waals surface area contributed by atoms with E-state index in [1.165, 1.54) is 27.8 Å². The quantitative estimate of drug-likeness (QED) is 0.747. The van der Waals surface area contributed by atoms with Crippen LogP contribution in [0.5, 0.6) is 0 Å². The molecule has 10 heteroatoms. The van der Waals surface area contributed by atoms with Crippen molar-refractivity contribution >= 4 is 50.3 Å². The second kappa shape index (κ2) is 8.23. The van der Waals surface area contributed by atoms with Gasteiger partial charge in [-0.3, -0.25) is 10.1 Å². The van der Waals surface area contributed by atoms with E-state index in [4.69, 9.17) is 17.0 Å². The Hall–Kier alpha value is -1.85. The highest BCUT2D eigenvalue weighted by atomic mass is 32.2. The molecule has 1 fully saturated rings. The zero-order valence-electron chi connectivity index (χ0n) is 13.7. The van der Waals surface area contributed by atoms with Gasteiger partial charge in [-0.2, -0.15) is 4.31 Å². The molecule has 1 aromatic carbocycles. The molecule has 0 saturated carbocycles. The fourth-order valence-corrected chi connectivity index (χ4v) is 4.62. The SMILES string of the molecule is O=C(NC(=S)Nc1ccc(S(=O)(=O)N2CCOCC2)cc1)c1cccs1. The Kier molecular flexibility index (Phi) is 5.99. The summed E-state index contributed by atoms with van der Waals surface area (Å²) in [5.41, 5.74) is 0.586. The fraction of sp³-hybridized carbons (Fsp3) is 0.250. The summed E-state index contributed by atoms with van der Waals surface area (Å²) in [4.78, 5) is 12.7. The summed E-state index contributed by atoms with van der Waals surface area (Å²) in [7, 11) is -3.53. The second-order valence-electron chi connectivity index (χ2n) is 5.43. The number of carbonyl (C=O) groups excluding carboxylic acids is 1. The Morgan fingerprint density at radius 1 is 1.15 bits per heavy atom. The van der Waals surface area contributed by atoms with Crippen molar-refractivity contribution in [2.24, 2.45) is 0 Å². The van der Waals surface area contributed by atoms with Gasteiger partial charge in [0.2, 0.25) is 10.0 Å². The molecule has 3 rings (SSSR count). The standard InChI is InChI=1S/C16H17N3O4S3/c20-15(14-2-1-11-25-14)18-16(24)17-12-3-5-13(6-4-12)26(21,22)19-7-9-23-10-8-19/h1-6,11H,7-10H2,(H2,17,18,20,24). The third kappa shape index (κ3) is 4.46. The topological polar surface area (TPSA) is 87.7 Å². The van der Waals surface area contributed by atoms with Gasteiger partial charge in [0.05, 0.1) is 23.0 Å². The van der Waals surface area contributed by atoms with Gasteiger partial charge < -0.3 is 10.1 Å². The van der Waals surface area contributed by atoms with Crippen LogP contribution in [0.25, 0.3) is 0 Å². The smallest absolute Gasteiger partial charge is 0.267 e. The number of ether oxygens (including phenoxy) is 1. The lowest BCUT2D eigenvalue weighted by atomic mass is 10.3. The van der Waals surface area contributed by atoms with Crippen LogP contribution in [0.15, 0.2) is 46.7 Å². The maximum atomic E-state index is 12.6. The van der Waals surface area contributed by atoms with E-state index < -0.39 is 10.0 Å². The molecule has 0 bridgehead atoms. The number of morpholine rings is 1. The van der Waals surface area contributed by atoms with E-state index in [0.29, 0.717) is 36.9 Å². The Balaban J connectivity index is 1.62. The van der Waals surface area contributed by atoms with Crippen molar-refractivity contribution in [2.45, 2.75) is 4.90 Å². The lowest BCUT2D eigenvalue weighted by Crippen LogP contribution is -2.40. The van der Waals surface area contributed by atoms with Gasteiger partial charge in [-0.15, -0.1) is 11.3 Å². The molecule has 1 aliphatic heterocycles. The highest BCUT2D eigenvalue weighted by molar-refractivity contribution is 7.89. The molecule has 0 unspecified atom stereocenters. The Morgan fingerprint density at radius 3 is 2.46 bits per heavy atom.